The van der Waals surface area contributed by atoms with E-state index in [0.717, 1.165) is 69.6 Å². The average Bonchev–Trinajstić information content (AvgIpc) is 2.74. The van der Waals surface area contributed by atoms with Crippen LogP contribution in [-0.2, 0) is 11.3 Å². The van der Waals surface area contributed by atoms with Crippen molar-refractivity contribution in [2.24, 2.45) is 4.99 Å². The fraction of sp³-hybridized carbons (Fsp3) is 0.650. The van der Waals surface area contributed by atoms with E-state index >= 15 is 0 Å². The molecule has 166 valence electrons. The summed E-state index contributed by atoms with van der Waals surface area (Å²) in [5.74, 6) is 2.82. The Morgan fingerprint density at radius 2 is 1.69 bits per heavy atom. The van der Waals surface area contributed by atoms with Crippen LogP contribution in [0.3, 0.4) is 0 Å². The molecule has 1 fully saturated rings. The highest BCUT2D eigenvalue weighted by molar-refractivity contribution is 14.0. The van der Waals surface area contributed by atoms with Gasteiger partial charge in [-0.15, -0.1) is 24.0 Å². The van der Waals surface area contributed by atoms with Gasteiger partial charge in [0.05, 0.1) is 41.1 Å². The molecule has 2 N–H and O–H groups in total. The maximum Gasteiger partial charge on any atom is 0.191 e. The van der Waals surface area contributed by atoms with Crippen LogP contribution in [-0.4, -0.2) is 78.1 Å². The van der Waals surface area contributed by atoms with Crippen LogP contribution < -0.4 is 24.8 Å². The molecule has 0 bridgehead atoms. The highest BCUT2D eigenvalue weighted by Gasteiger charge is 2.12. The highest BCUT2D eigenvalue weighted by atomic mass is 127. The molecule has 0 aliphatic carbocycles. The van der Waals surface area contributed by atoms with Crippen molar-refractivity contribution in [3.8, 4) is 17.2 Å². The van der Waals surface area contributed by atoms with Crippen molar-refractivity contribution < 1.29 is 18.9 Å². The van der Waals surface area contributed by atoms with Gasteiger partial charge < -0.3 is 29.6 Å². The quantitative estimate of drug-likeness (QED) is 0.211. The lowest BCUT2D eigenvalue weighted by atomic mass is 10.1. The van der Waals surface area contributed by atoms with E-state index in [1.807, 2.05) is 12.1 Å². The van der Waals surface area contributed by atoms with E-state index in [1.165, 1.54) is 0 Å². The Hall–Kier alpha value is -1.46. The normalized spacial score (nSPS) is 14.7. The van der Waals surface area contributed by atoms with Gasteiger partial charge in [0.1, 0.15) is 5.75 Å². The van der Waals surface area contributed by atoms with E-state index in [-0.39, 0.29) is 24.0 Å². The second-order valence-electron chi connectivity index (χ2n) is 6.45. The summed E-state index contributed by atoms with van der Waals surface area (Å²) in [6, 6.07) is 3.73. The summed E-state index contributed by atoms with van der Waals surface area (Å²) in [6.45, 7) is 8.99. The first-order chi connectivity index (χ1) is 13.7. The molecular weight excluding hydrogens is 487 g/mol. The Kier molecular flexibility index (Phi) is 12.8. The summed E-state index contributed by atoms with van der Waals surface area (Å²) < 4.78 is 21.6. The summed E-state index contributed by atoms with van der Waals surface area (Å²) in [5.41, 5.74) is 0.936. The molecule has 1 heterocycles. The number of ether oxygens (including phenoxy) is 4. The molecule has 0 atom stereocenters. The lowest BCUT2D eigenvalue weighted by Crippen LogP contribution is -2.40. The van der Waals surface area contributed by atoms with Gasteiger partial charge in [-0.05, 0) is 26.0 Å². The fourth-order valence-corrected chi connectivity index (χ4v) is 3.06. The van der Waals surface area contributed by atoms with Crippen molar-refractivity contribution >= 4 is 29.9 Å². The molecule has 1 aromatic rings. The average molecular weight is 522 g/mol. The smallest absolute Gasteiger partial charge is 0.191 e. The maximum atomic E-state index is 5.48. The molecule has 0 saturated carbocycles. The van der Waals surface area contributed by atoms with Crippen LogP contribution in [0.25, 0.3) is 0 Å². The predicted molar refractivity (Wildman–Crippen MR) is 126 cm³/mol. The monoisotopic (exact) mass is 522 g/mol. The second kappa shape index (κ2) is 14.5. The van der Waals surface area contributed by atoms with Gasteiger partial charge in [-0.25, -0.2) is 4.99 Å². The predicted octanol–water partition coefficient (Wildman–Crippen LogP) is 2.11. The van der Waals surface area contributed by atoms with E-state index in [9.17, 15) is 0 Å². The van der Waals surface area contributed by atoms with Crippen LogP contribution in [0.5, 0.6) is 17.2 Å². The van der Waals surface area contributed by atoms with Gasteiger partial charge in [0.15, 0.2) is 17.5 Å². The summed E-state index contributed by atoms with van der Waals surface area (Å²) in [5, 5.41) is 6.69. The van der Waals surface area contributed by atoms with Gasteiger partial charge in [0.25, 0.3) is 0 Å². The van der Waals surface area contributed by atoms with Crippen LogP contribution in [0.2, 0.25) is 0 Å². The molecule has 2 rings (SSSR count). The first-order valence-corrected chi connectivity index (χ1v) is 9.83. The lowest BCUT2D eigenvalue weighted by molar-refractivity contribution is 0.0376. The molecule has 9 heteroatoms. The number of nitrogens with zero attached hydrogens (tertiary/aromatic N) is 2. The van der Waals surface area contributed by atoms with Crippen LogP contribution in [0.1, 0.15) is 18.9 Å². The zero-order valence-corrected chi connectivity index (χ0v) is 20.3. The Morgan fingerprint density at radius 1 is 1.03 bits per heavy atom. The molecule has 0 amide bonds. The van der Waals surface area contributed by atoms with Crippen LogP contribution in [0, 0.1) is 0 Å². The molecule has 29 heavy (non-hydrogen) atoms. The van der Waals surface area contributed by atoms with Crippen molar-refractivity contribution in [1.82, 2.24) is 15.5 Å². The highest BCUT2D eigenvalue weighted by Crippen LogP contribution is 2.34. The minimum absolute atomic E-state index is 0. The van der Waals surface area contributed by atoms with Crippen molar-refractivity contribution in [3.05, 3.63) is 17.7 Å². The number of methoxy groups -OCH3 is 3. The Morgan fingerprint density at radius 3 is 2.31 bits per heavy atom. The van der Waals surface area contributed by atoms with Crippen LogP contribution in [0.4, 0.5) is 0 Å². The second-order valence-corrected chi connectivity index (χ2v) is 6.45. The van der Waals surface area contributed by atoms with E-state index in [2.05, 4.69) is 22.5 Å². The zero-order chi connectivity index (χ0) is 20.2. The summed E-state index contributed by atoms with van der Waals surface area (Å²) in [4.78, 5) is 7.13. The number of aliphatic imine (C=N–C) groups is 1. The third-order valence-electron chi connectivity index (χ3n) is 4.59. The molecule has 1 aliphatic heterocycles. The summed E-state index contributed by atoms with van der Waals surface area (Å²) >= 11 is 0. The number of hydrogen-bond acceptors (Lipinski definition) is 6. The molecule has 0 spiro atoms. The third-order valence-corrected chi connectivity index (χ3v) is 4.59. The number of hydrogen-bond donors (Lipinski definition) is 2. The maximum absolute atomic E-state index is 5.48. The van der Waals surface area contributed by atoms with Crippen molar-refractivity contribution in [1.29, 1.82) is 0 Å². The summed E-state index contributed by atoms with van der Waals surface area (Å²) in [7, 11) is 4.88. The molecule has 0 radical (unpaired) electrons. The number of nitrogens with one attached hydrogen (secondary N) is 2. The number of halogens is 1. The van der Waals surface area contributed by atoms with Crippen LogP contribution in [0.15, 0.2) is 17.1 Å². The molecule has 1 saturated heterocycles. The van der Waals surface area contributed by atoms with Crippen molar-refractivity contribution in [3.63, 3.8) is 0 Å². The zero-order valence-electron chi connectivity index (χ0n) is 18.0. The van der Waals surface area contributed by atoms with Gasteiger partial charge in [0, 0.05) is 37.8 Å². The SMILES string of the molecule is CCNC(=NCc1cc(OC)c(OC)cc1OC)NCCCN1CCOCC1.I. The molecule has 0 aromatic heterocycles. The molecule has 1 aromatic carbocycles. The van der Waals surface area contributed by atoms with E-state index in [4.69, 9.17) is 23.9 Å². The van der Waals surface area contributed by atoms with Crippen molar-refractivity contribution in [2.45, 2.75) is 19.9 Å². The van der Waals surface area contributed by atoms with Crippen LogP contribution >= 0.6 is 24.0 Å². The Bertz CT molecular complexity index is 625. The van der Waals surface area contributed by atoms with Gasteiger partial charge in [-0.2, -0.15) is 0 Å². The number of rotatable bonds is 10. The standard InChI is InChI=1S/C20H34N4O4.HI/c1-5-21-20(22-7-6-8-24-9-11-28-12-10-24)23-15-16-13-18(26-3)19(27-4)14-17(16)25-2;/h13-14H,5-12,15H2,1-4H3,(H2,21,22,23);1H. The first-order valence-electron chi connectivity index (χ1n) is 9.83. The van der Waals surface area contributed by atoms with Gasteiger partial charge in [0.2, 0.25) is 0 Å². The van der Waals surface area contributed by atoms with Gasteiger partial charge in [-0.3, -0.25) is 4.90 Å². The van der Waals surface area contributed by atoms with Gasteiger partial charge >= 0.3 is 0 Å². The Labute approximate surface area is 191 Å². The minimum atomic E-state index is 0. The number of morpholine rings is 1. The Balaban J connectivity index is 0.00000420. The molecule has 1 aliphatic rings. The molecule has 0 unspecified atom stereocenters. The number of benzene rings is 1. The fourth-order valence-electron chi connectivity index (χ4n) is 3.06. The summed E-state index contributed by atoms with van der Waals surface area (Å²) in [6.07, 6.45) is 1.06. The largest absolute Gasteiger partial charge is 0.496 e. The van der Waals surface area contributed by atoms with E-state index in [0.29, 0.717) is 18.0 Å². The lowest BCUT2D eigenvalue weighted by Gasteiger charge is -2.26. The third kappa shape index (κ3) is 8.43. The van der Waals surface area contributed by atoms with E-state index < -0.39 is 0 Å². The molecular formula is C20H35IN4O4. The topological polar surface area (TPSA) is 76.6 Å². The van der Waals surface area contributed by atoms with Crippen molar-refractivity contribution in [2.75, 3.05) is 67.3 Å². The minimum Gasteiger partial charge on any atom is -0.496 e. The van der Waals surface area contributed by atoms with Gasteiger partial charge in [-0.1, -0.05) is 0 Å². The first kappa shape index (κ1) is 25.6. The molecule has 8 nitrogen and oxygen atoms in total. The number of guanidine groups is 1. The van der Waals surface area contributed by atoms with E-state index in [1.54, 1.807) is 21.3 Å².